The van der Waals surface area contributed by atoms with E-state index in [0.717, 1.165) is 39.6 Å². The topological polar surface area (TPSA) is 125 Å². The number of halogens is 2. The maximum absolute atomic E-state index is 13.2. The van der Waals surface area contributed by atoms with Gasteiger partial charge in [0.1, 0.15) is 23.9 Å². The minimum absolute atomic E-state index is 0.226. The Hall–Kier alpha value is -2.80. The van der Waals surface area contributed by atoms with E-state index in [4.69, 9.17) is 32.7 Å². The Bertz CT molecular complexity index is 1310. The van der Waals surface area contributed by atoms with Crippen molar-refractivity contribution in [2.75, 3.05) is 12.9 Å². The number of esters is 1. The maximum Gasteiger partial charge on any atom is 0.308 e. The molecule has 214 valence electrons. The van der Waals surface area contributed by atoms with Crippen LogP contribution in [0.15, 0.2) is 52.5 Å². The molecule has 1 aromatic heterocycles. The van der Waals surface area contributed by atoms with Crippen molar-refractivity contribution in [2.24, 2.45) is 0 Å². The third kappa shape index (κ3) is 10.3. The molecule has 0 aliphatic heterocycles. The Morgan fingerprint density at radius 3 is 2.38 bits per heavy atom. The highest BCUT2D eigenvalue weighted by molar-refractivity contribution is 8.13. The number of thioether (sulfide) groups is 1. The summed E-state index contributed by atoms with van der Waals surface area (Å²) < 4.78 is 10.5. The lowest BCUT2D eigenvalue weighted by Crippen LogP contribution is -2.43. The molecule has 0 saturated heterocycles. The van der Waals surface area contributed by atoms with Crippen LogP contribution < -0.4 is 10.1 Å². The molecule has 1 heterocycles. The number of nitrogens with zero attached hydrogens (tertiary/aromatic N) is 4. The highest BCUT2D eigenvalue weighted by Crippen LogP contribution is 2.36. The molecule has 40 heavy (non-hydrogen) atoms. The number of carbonyl (C=O) groups excluding carboxylic acids is 3. The van der Waals surface area contributed by atoms with Crippen molar-refractivity contribution in [2.45, 2.75) is 61.9 Å². The molecule has 2 aromatic carbocycles. The molecule has 0 bridgehead atoms. The summed E-state index contributed by atoms with van der Waals surface area (Å²) in [5.74, 6) is 0.115. The predicted octanol–water partition coefficient (Wildman–Crippen LogP) is 5.49. The van der Waals surface area contributed by atoms with E-state index in [1.165, 1.54) is 0 Å². The van der Waals surface area contributed by atoms with Crippen LogP contribution in [0.3, 0.4) is 0 Å². The lowest BCUT2D eigenvalue weighted by Gasteiger charge is -2.22. The van der Waals surface area contributed by atoms with E-state index >= 15 is 0 Å². The van der Waals surface area contributed by atoms with Crippen LogP contribution in [-0.2, 0) is 27.3 Å². The summed E-state index contributed by atoms with van der Waals surface area (Å²) in [6.45, 7) is 4.84. The summed E-state index contributed by atoms with van der Waals surface area (Å²) in [5, 5.41) is 15.3. The first-order chi connectivity index (χ1) is 18.9. The summed E-state index contributed by atoms with van der Waals surface area (Å²) >= 11 is 14.5. The number of benzene rings is 2. The summed E-state index contributed by atoms with van der Waals surface area (Å²) in [4.78, 5) is 40.0. The van der Waals surface area contributed by atoms with Crippen molar-refractivity contribution in [3.63, 3.8) is 0 Å². The van der Waals surface area contributed by atoms with Gasteiger partial charge >= 0.3 is 5.97 Å². The molecular weight excluding hydrogens is 597 g/mol. The van der Waals surface area contributed by atoms with Gasteiger partial charge in [-0.2, -0.15) is 4.80 Å². The number of methoxy groups -OCH3 is 1. The standard InChI is InChI=1S/C26H29Cl2N5O5S2/c1-26(2,3)38-22(35)14-20(29-25(36)39-13-12-16-8-10-17(37-4)11-9-16)21(34)15-33-31-24(30-32-33)40-23-18(27)6-5-7-19(23)28/h5-11,20H,12-15H2,1-4H3,(H,29,36). The monoisotopic (exact) mass is 625 g/mol. The second-order valence-corrected chi connectivity index (χ2v) is 12.3. The summed E-state index contributed by atoms with van der Waals surface area (Å²) in [7, 11) is 1.60. The summed E-state index contributed by atoms with van der Waals surface area (Å²) in [6, 6.07) is 11.5. The number of rotatable bonds is 12. The fourth-order valence-electron chi connectivity index (χ4n) is 3.29. The average Bonchev–Trinajstić information content (AvgIpc) is 3.32. The maximum atomic E-state index is 13.2. The van der Waals surface area contributed by atoms with Gasteiger partial charge in [-0.1, -0.05) is 53.2 Å². The van der Waals surface area contributed by atoms with Gasteiger partial charge in [0.25, 0.3) is 5.24 Å². The van der Waals surface area contributed by atoms with Gasteiger partial charge in [0, 0.05) is 5.75 Å². The van der Waals surface area contributed by atoms with E-state index in [9.17, 15) is 14.4 Å². The molecule has 0 fully saturated rings. The molecule has 10 nitrogen and oxygen atoms in total. The Balaban J connectivity index is 1.62. The smallest absolute Gasteiger partial charge is 0.308 e. The number of nitrogens with one attached hydrogen (secondary N) is 1. The number of ketones is 1. The molecular formula is C26H29Cl2N5O5S2. The number of hydrogen-bond donors (Lipinski definition) is 1. The Kier molecular flexibility index (Phi) is 11.7. The van der Waals surface area contributed by atoms with Crippen LogP contribution in [0.5, 0.6) is 5.75 Å². The first-order valence-corrected chi connectivity index (χ1v) is 14.7. The lowest BCUT2D eigenvalue weighted by molar-refractivity contribution is -0.156. The van der Waals surface area contributed by atoms with Gasteiger partial charge in [0.05, 0.1) is 28.5 Å². The van der Waals surface area contributed by atoms with Crippen molar-refractivity contribution >= 4 is 63.7 Å². The fraction of sp³-hybridized carbons (Fsp3) is 0.385. The molecule has 0 spiro atoms. The SMILES string of the molecule is COc1ccc(CCSC(=O)NC(CC(=O)OC(C)(C)C)C(=O)Cn2nnc(Sc3c(Cl)cccc3Cl)n2)cc1. The molecule has 14 heteroatoms. The largest absolute Gasteiger partial charge is 0.497 e. The molecule has 0 radical (unpaired) electrons. The fourth-order valence-corrected chi connectivity index (χ4v) is 5.39. The molecule has 3 aromatic rings. The molecule has 1 amide bonds. The number of aryl methyl sites for hydroxylation is 1. The van der Waals surface area contributed by atoms with E-state index in [0.29, 0.717) is 27.1 Å². The third-order valence-electron chi connectivity index (χ3n) is 5.10. The number of Topliss-reactive ketones (excluding diaryl/α,β-unsaturated/α-hetero) is 1. The van der Waals surface area contributed by atoms with Gasteiger partial charge in [-0.15, -0.1) is 10.2 Å². The number of tetrazole rings is 1. The van der Waals surface area contributed by atoms with E-state index < -0.39 is 28.6 Å². The van der Waals surface area contributed by atoms with Crippen LogP contribution in [0.4, 0.5) is 4.79 Å². The van der Waals surface area contributed by atoms with Crippen LogP contribution in [0.1, 0.15) is 32.8 Å². The second-order valence-electron chi connectivity index (χ2n) is 9.44. The number of ether oxygens (including phenoxy) is 2. The Morgan fingerprint density at radius 2 is 1.75 bits per heavy atom. The van der Waals surface area contributed by atoms with Gasteiger partial charge in [0.15, 0.2) is 5.78 Å². The van der Waals surface area contributed by atoms with E-state index in [2.05, 4.69) is 20.7 Å². The molecule has 1 N–H and O–H groups in total. The Morgan fingerprint density at radius 1 is 1.07 bits per heavy atom. The molecule has 0 saturated carbocycles. The van der Waals surface area contributed by atoms with Crippen molar-refractivity contribution in [3.8, 4) is 5.75 Å². The quantitative estimate of drug-likeness (QED) is 0.258. The van der Waals surface area contributed by atoms with Gasteiger partial charge < -0.3 is 14.8 Å². The zero-order valence-corrected chi connectivity index (χ0v) is 25.5. The van der Waals surface area contributed by atoms with Crippen LogP contribution in [0, 0.1) is 0 Å². The highest BCUT2D eigenvalue weighted by atomic mass is 35.5. The first-order valence-electron chi connectivity index (χ1n) is 12.1. The second kappa shape index (κ2) is 14.7. The van der Waals surface area contributed by atoms with Gasteiger partial charge in [-0.05, 0) is 74.0 Å². The minimum atomic E-state index is -1.14. The zero-order valence-electron chi connectivity index (χ0n) is 22.3. The molecule has 1 atom stereocenters. The average molecular weight is 627 g/mol. The van der Waals surface area contributed by atoms with Crippen molar-refractivity contribution < 1.29 is 23.9 Å². The molecule has 1 unspecified atom stereocenters. The van der Waals surface area contributed by atoms with Crippen molar-refractivity contribution in [1.82, 2.24) is 25.5 Å². The van der Waals surface area contributed by atoms with Crippen molar-refractivity contribution in [1.29, 1.82) is 0 Å². The molecule has 0 aliphatic carbocycles. The number of aromatic nitrogens is 4. The van der Waals surface area contributed by atoms with E-state index in [-0.39, 0.29) is 18.1 Å². The molecule has 3 rings (SSSR count). The molecule has 0 aliphatic rings. The first kappa shape index (κ1) is 31.7. The van der Waals surface area contributed by atoms with Crippen molar-refractivity contribution in [3.05, 3.63) is 58.1 Å². The van der Waals surface area contributed by atoms with Gasteiger partial charge in [-0.3, -0.25) is 14.4 Å². The van der Waals surface area contributed by atoms with Gasteiger partial charge in [0.2, 0.25) is 5.16 Å². The normalized spacial score (nSPS) is 12.1. The van der Waals surface area contributed by atoms with E-state index in [1.54, 1.807) is 46.1 Å². The predicted molar refractivity (Wildman–Crippen MR) is 155 cm³/mol. The van der Waals surface area contributed by atoms with Crippen LogP contribution in [0.25, 0.3) is 0 Å². The van der Waals surface area contributed by atoms with Gasteiger partial charge in [-0.25, -0.2) is 0 Å². The summed E-state index contributed by atoms with van der Waals surface area (Å²) in [6.07, 6.45) is 0.290. The number of hydrogen-bond acceptors (Lipinski definition) is 10. The third-order valence-corrected chi connectivity index (χ3v) is 7.73. The minimum Gasteiger partial charge on any atom is -0.497 e. The van der Waals surface area contributed by atoms with E-state index in [1.807, 2.05) is 24.3 Å². The number of carbonyl (C=O) groups is 3. The van der Waals surface area contributed by atoms with Crippen LogP contribution in [-0.4, -0.2) is 61.7 Å². The summed E-state index contributed by atoms with van der Waals surface area (Å²) in [5.41, 5.74) is 0.285. The highest BCUT2D eigenvalue weighted by Gasteiger charge is 2.28. The lowest BCUT2D eigenvalue weighted by atomic mass is 10.1. The van der Waals surface area contributed by atoms with Crippen LogP contribution in [0.2, 0.25) is 10.0 Å². The Labute approximate surface area is 250 Å². The zero-order chi connectivity index (χ0) is 29.3. The van der Waals surface area contributed by atoms with Crippen LogP contribution >= 0.6 is 46.7 Å². The number of amides is 1.